The molecule has 2 unspecified atom stereocenters. The molecule has 0 aliphatic heterocycles. The Morgan fingerprint density at radius 1 is 1.22 bits per heavy atom. The Morgan fingerprint density at radius 2 is 2.00 bits per heavy atom. The highest BCUT2D eigenvalue weighted by Crippen LogP contribution is 2.37. The molecule has 0 aromatic heterocycles. The molecule has 0 aromatic carbocycles. The monoisotopic (exact) mass is 248 g/mol. The van der Waals surface area contributed by atoms with Gasteiger partial charge >= 0.3 is 0 Å². The minimum absolute atomic E-state index is 0.211. The molecule has 0 amide bonds. The maximum atomic E-state index is 6.49. The standard InChI is InChI=1S/C17H28O/c1-3-10-16(17(2)13-8-5-9-14-17)18-15-11-6-4-7-12-15/h5,8-9,13,15-16H,3-4,6-7,10-12,14H2,1-2H3. The topological polar surface area (TPSA) is 9.23 Å². The molecule has 0 saturated heterocycles. The van der Waals surface area contributed by atoms with Gasteiger partial charge in [-0.1, -0.05) is 63.8 Å². The molecule has 1 fully saturated rings. The van der Waals surface area contributed by atoms with Crippen molar-refractivity contribution in [2.24, 2.45) is 5.41 Å². The lowest BCUT2D eigenvalue weighted by Gasteiger charge is -2.39. The molecule has 2 atom stereocenters. The molecule has 0 spiro atoms. The lowest BCUT2D eigenvalue weighted by Crippen LogP contribution is -2.37. The lowest BCUT2D eigenvalue weighted by molar-refractivity contribution is -0.0781. The Kier molecular flexibility index (Phi) is 5.05. The SMILES string of the molecule is CCCC(OC1CCCCC1)C1(C)C=CC=CC1. The average molecular weight is 248 g/mol. The summed E-state index contributed by atoms with van der Waals surface area (Å²) in [6.45, 7) is 4.62. The Balaban J connectivity index is 1.98. The Hall–Kier alpha value is -0.560. The van der Waals surface area contributed by atoms with Gasteiger partial charge in [-0.2, -0.15) is 0 Å². The van der Waals surface area contributed by atoms with Crippen molar-refractivity contribution in [3.05, 3.63) is 24.3 Å². The van der Waals surface area contributed by atoms with E-state index in [1.165, 1.54) is 44.9 Å². The molecule has 0 radical (unpaired) electrons. The predicted molar refractivity (Wildman–Crippen MR) is 77.7 cm³/mol. The second-order valence-corrected chi connectivity index (χ2v) is 6.17. The van der Waals surface area contributed by atoms with Crippen molar-refractivity contribution in [1.29, 1.82) is 0 Å². The molecule has 1 heteroatoms. The van der Waals surface area contributed by atoms with E-state index < -0.39 is 0 Å². The van der Waals surface area contributed by atoms with E-state index in [1.54, 1.807) is 0 Å². The number of ether oxygens (including phenoxy) is 1. The van der Waals surface area contributed by atoms with E-state index in [4.69, 9.17) is 4.74 Å². The average Bonchev–Trinajstić information content (AvgIpc) is 2.40. The predicted octanol–water partition coefficient (Wildman–Crippen LogP) is 5.03. The third-order valence-electron chi connectivity index (χ3n) is 4.48. The normalized spacial score (nSPS) is 30.6. The molecular formula is C17H28O. The Bertz CT molecular complexity index is 299. The van der Waals surface area contributed by atoms with Crippen LogP contribution in [-0.4, -0.2) is 12.2 Å². The smallest absolute Gasteiger partial charge is 0.0669 e. The highest BCUT2D eigenvalue weighted by molar-refractivity contribution is 5.17. The highest BCUT2D eigenvalue weighted by Gasteiger charge is 2.33. The first-order valence-electron chi connectivity index (χ1n) is 7.74. The summed E-state index contributed by atoms with van der Waals surface area (Å²) < 4.78 is 6.49. The molecule has 2 aliphatic carbocycles. The van der Waals surface area contributed by atoms with Gasteiger partial charge in [0.2, 0.25) is 0 Å². The zero-order valence-electron chi connectivity index (χ0n) is 12.0. The summed E-state index contributed by atoms with van der Waals surface area (Å²) in [5, 5.41) is 0. The van der Waals surface area contributed by atoms with Gasteiger partial charge in [-0.25, -0.2) is 0 Å². The van der Waals surface area contributed by atoms with Gasteiger partial charge in [0.05, 0.1) is 12.2 Å². The molecule has 2 aliphatic rings. The lowest BCUT2D eigenvalue weighted by atomic mass is 9.76. The van der Waals surface area contributed by atoms with Crippen LogP contribution in [0.5, 0.6) is 0 Å². The van der Waals surface area contributed by atoms with E-state index >= 15 is 0 Å². The van der Waals surface area contributed by atoms with Crippen LogP contribution < -0.4 is 0 Å². The van der Waals surface area contributed by atoms with Crippen LogP contribution in [0.3, 0.4) is 0 Å². The zero-order valence-corrected chi connectivity index (χ0v) is 12.0. The fraction of sp³-hybridized carbons (Fsp3) is 0.765. The third-order valence-corrected chi connectivity index (χ3v) is 4.48. The van der Waals surface area contributed by atoms with Crippen LogP contribution in [0.1, 0.15) is 65.2 Å². The van der Waals surface area contributed by atoms with Crippen molar-refractivity contribution in [2.45, 2.75) is 77.4 Å². The zero-order chi connectivity index (χ0) is 12.8. The fourth-order valence-corrected chi connectivity index (χ4v) is 3.23. The van der Waals surface area contributed by atoms with E-state index in [0.717, 1.165) is 6.42 Å². The van der Waals surface area contributed by atoms with Crippen LogP contribution in [0.2, 0.25) is 0 Å². The summed E-state index contributed by atoms with van der Waals surface area (Å²) in [7, 11) is 0. The van der Waals surface area contributed by atoms with E-state index in [9.17, 15) is 0 Å². The molecule has 0 aromatic rings. The van der Waals surface area contributed by atoms with Crippen molar-refractivity contribution in [2.75, 3.05) is 0 Å². The highest BCUT2D eigenvalue weighted by atomic mass is 16.5. The molecule has 1 saturated carbocycles. The summed E-state index contributed by atoms with van der Waals surface area (Å²) in [5.41, 5.74) is 0.211. The van der Waals surface area contributed by atoms with Gasteiger partial charge in [-0.3, -0.25) is 0 Å². The molecule has 0 bridgehead atoms. The minimum Gasteiger partial charge on any atom is -0.374 e. The van der Waals surface area contributed by atoms with Crippen molar-refractivity contribution in [1.82, 2.24) is 0 Å². The van der Waals surface area contributed by atoms with Crippen LogP contribution in [0.15, 0.2) is 24.3 Å². The first kappa shape index (κ1) is 13.9. The van der Waals surface area contributed by atoms with Gasteiger partial charge in [0.25, 0.3) is 0 Å². The number of allylic oxidation sites excluding steroid dienone is 3. The van der Waals surface area contributed by atoms with E-state index in [2.05, 4.69) is 38.2 Å². The fourth-order valence-electron chi connectivity index (χ4n) is 3.23. The maximum Gasteiger partial charge on any atom is 0.0669 e. The number of rotatable bonds is 5. The first-order chi connectivity index (χ1) is 8.74. The van der Waals surface area contributed by atoms with E-state index in [-0.39, 0.29) is 5.41 Å². The molecule has 0 heterocycles. The maximum absolute atomic E-state index is 6.49. The number of hydrogen-bond donors (Lipinski definition) is 0. The van der Waals surface area contributed by atoms with Crippen molar-refractivity contribution in [3.8, 4) is 0 Å². The van der Waals surface area contributed by atoms with E-state index in [1.807, 2.05) is 0 Å². The van der Waals surface area contributed by atoms with Crippen LogP contribution in [0, 0.1) is 5.41 Å². The summed E-state index contributed by atoms with van der Waals surface area (Å²) in [6.07, 6.45) is 20.1. The van der Waals surface area contributed by atoms with E-state index in [0.29, 0.717) is 12.2 Å². The van der Waals surface area contributed by atoms with Crippen LogP contribution in [0.25, 0.3) is 0 Å². The number of hydrogen-bond acceptors (Lipinski definition) is 1. The van der Waals surface area contributed by atoms with Crippen molar-refractivity contribution < 1.29 is 4.74 Å². The quantitative estimate of drug-likeness (QED) is 0.663. The molecule has 18 heavy (non-hydrogen) atoms. The largest absolute Gasteiger partial charge is 0.374 e. The second kappa shape index (κ2) is 6.56. The van der Waals surface area contributed by atoms with Crippen LogP contribution >= 0.6 is 0 Å². The molecule has 102 valence electrons. The van der Waals surface area contributed by atoms with Crippen molar-refractivity contribution in [3.63, 3.8) is 0 Å². The van der Waals surface area contributed by atoms with Crippen LogP contribution in [0.4, 0.5) is 0 Å². The van der Waals surface area contributed by atoms with Gasteiger partial charge in [-0.15, -0.1) is 0 Å². The first-order valence-corrected chi connectivity index (χ1v) is 7.74. The van der Waals surface area contributed by atoms with Crippen LogP contribution in [-0.2, 0) is 4.74 Å². The van der Waals surface area contributed by atoms with Gasteiger partial charge in [-0.05, 0) is 25.7 Å². The molecular weight excluding hydrogens is 220 g/mol. The summed E-state index contributed by atoms with van der Waals surface area (Å²) in [4.78, 5) is 0. The van der Waals surface area contributed by atoms with Gasteiger partial charge in [0, 0.05) is 5.41 Å². The molecule has 1 nitrogen and oxygen atoms in total. The van der Waals surface area contributed by atoms with Gasteiger partial charge < -0.3 is 4.74 Å². The molecule has 2 rings (SSSR count). The summed E-state index contributed by atoms with van der Waals surface area (Å²) in [5.74, 6) is 0. The summed E-state index contributed by atoms with van der Waals surface area (Å²) in [6, 6.07) is 0. The second-order valence-electron chi connectivity index (χ2n) is 6.17. The Labute approximate surface area is 112 Å². The van der Waals surface area contributed by atoms with Gasteiger partial charge in [0.1, 0.15) is 0 Å². The Morgan fingerprint density at radius 3 is 2.61 bits per heavy atom. The van der Waals surface area contributed by atoms with Crippen molar-refractivity contribution >= 4 is 0 Å². The third kappa shape index (κ3) is 3.47. The molecule has 0 N–H and O–H groups in total. The minimum atomic E-state index is 0.211. The van der Waals surface area contributed by atoms with Gasteiger partial charge in [0.15, 0.2) is 0 Å². The summed E-state index contributed by atoms with van der Waals surface area (Å²) >= 11 is 0.